The predicted molar refractivity (Wildman–Crippen MR) is 98.4 cm³/mol. The van der Waals surface area contributed by atoms with Crippen LogP contribution in [0.15, 0.2) is 45.6 Å². The maximum absolute atomic E-state index is 12.1. The van der Waals surface area contributed by atoms with Gasteiger partial charge in [0.15, 0.2) is 0 Å². The summed E-state index contributed by atoms with van der Waals surface area (Å²) in [5.74, 6) is 0.961. The van der Waals surface area contributed by atoms with Crippen molar-refractivity contribution in [3.05, 3.63) is 52.5 Å². The molecule has 0 bridgehead atoms. The molecule has 0 fully saturated rings. The number of hydrogen-bond acceptors (Lipinski definition) is 6. The highest BCUT2D eigenvalue weighted by Crippen LogP contribution is 2.19. The number of anilines is 1. The Hall–Kier alpha value is -2.51. The molecule has 0 aliphatic carbocycles. The zero-order chi connectivity index (χ0) is 17.6. The highest BCUT2D eigenvalue weighted by Gasteiger charge is 2.11. The Labute approximate surface area is 150 Å². The number of nitrogens with zero attached hydrogens (tertiary/aromatic N) is 3. The minimum absolute atomic E-state index is 0.0720. The fourth-order valence-corrected chi connectivity index (χ4v) is 3.06. The van der Waals surface area contributed by atoms with Crippen LogP contribution in [0.5, 0.6) is 0 Å². The van der Waals surface area contributed by atoms with E-state index >= 15 is 0 Å². The minimum Gasteiger partial charge on any atom is -0.339 e. The number of nitrogens with one attached hydrogen (secondary N) is 1. The molecule has 130 valence electrons. The van der Waals surface area contributed by atoms with E-state index in [1.807, 2.05) is 55.2 Å². The second kappa shape index (κ2) is 8.04. The first-order valence-electron chi connectivity index (χ1n) is 7.99. The van der Waals surface area contributed by atoms with E-state index in [1.54, 1.807) is 11.3 Å². The Morgan fingerprint density at radius 1 is 1.32 bits per heavy atom. The zero-order valence-corrected chi connectivity index (χ0v) is 15.0. The Morgan fingerprint density at radius 3 is 2.96 bits per heavy atom. The molecule has 2 aromatic heterocycles. The number of rotatable bonds is 7. The van der Waals surface area contributed by atoms with Gasteiger partial charge in [-0.1, -0.05) is 17.3 Å². The Balaban J connectivity index is 1.53. The second-order valence-electron chi connectivity index (χ2n) is 6.01. The summed E-state index contributed by atoms with van der Waals surface area (Å²) in [5, 5.41) is 10.8. The van der Waals surface area contributed by atoms with E-state index in [4.69, 9.17) is 4.52 Å². The van der Waals surface area contributed by atoms with Crippen LogP contribution in [0.4, 0.5) is 5.69 Å². The average Bonchev–Trinajstić information content (AvgIpc) is 3.24. The van der Waals surface area contributed by atoms with Gasteiger partial charge in [-0.2, -0.15) is 16.3 Å². The van der Waals surface area contributed by atoms with Crippen LogP contribution in [-0.4, -0.2) is 35.0 Å². The molecule has 1 amide bonds. The second-order valence-corrected chi connectivity index (χ2v) is 6.79. The lowest BCUT2D eigenvalue weighted by atomic mass is 10.2. The van der Waals surface area contributed by atoms with E-state index in [-0.39, 0.29) is 5.91 Å². The van der Waals surface area contributed by atoms with Gasteiger partial charge in [-0.3, -0.25) is 4.79 Å². The summed E-state index contributed by atoms with van der Waals surface area (Å²) in [6.07, 6.45) is 0.712. The lowest BCUT2D eigenvalue weighted by molar-refractivity contribution is -0.116. The molecule has 0 saturated heterocycles. The van der Waals surface area contributed by atoms with E-state index in [0.717, 1.165) is 23.4 Å². The van der Waals surface area contributed by atoms with Crippen molar-refractivity contribution < 1.29 is 9.32 Å². The molecular weight excluding hydrogens is 336 g/mol. The van der Waals surface area contributed by atoms with Crippen molar-refractivity contribution in [2.45, 2.75) is 19.4 Å². The van der Waals surface area contributed by atoms with Gasteiger partial charge in [-0.25, -0.2) is 0 Å². The summed E-state index contributed by atoms with van der Waals surface area (Å²) in [5.41, 5.74) is 2.89. The summed E-state index contributed by atoms with van der Waals surface area (Å²) in [7, 11) is 4.03. The van der Waals surface area contributed by atoms with E-state index in [1.165, 1.54) is 0 Å². The molecule has 0 aliphatic heterocycles. The summed E-state index contributed by atoms with van der Waals surface area (Å²) in [4.78, 5) is 18.6. The summed E-state index contributed by atoms with van der Waals surface area (Å²) >= 11 is 1.58. The van der Waals surface area contributed by atoms with Gasteiger partial charge in [0, 0.05) is 36.0 Å². The minimum atomic E-state index is -0.0720. The van der Waals surface area contributed by atoms with Gasteiger partial charge in [0.2, 0.25) is 17.6 Å². The number of carbonyl (C=O) groups is 1. The Kier molecular flexibility index (Phi) is 5.57. The monoisotopic (exact) mass is 356 g/mol. The van der Waals surface area contributed by atoms with Gasteiger partial charge in [0.05, 0.1) is 0 Å². The van der Waals surface area contributed by atoms with Crippen molar-refractivity contribution in [2.24, 2.45) is 0 Å². The quantitative estimate of drug-likeness (QED) is 0.702. The number of thiophene rings is 1. The van der Waals surface area contributed by atoms with Crippen molar-refractivity contribution in [2.75, 3.05) is 19.4 Å². The maximum Gasteiger partial charge on any atom is 0.227 e. The van der Waals surface area contributed by atoms with Gasteiger partial charge < -0.3 is 14.7 Å². The van der Waals surface area contributed by atoms with E-state index < -0.39 is 0 Å². The molecule has 3 rings (SSSR count). The molecule has 1 N–H and O–H groups in total. The van der Waals surface area contributed by atoms with Crippen LogP contribution in [-0.2, 0) is 17.8 Å². The molecule has 0 saturated carbocycles. The number of hydrogen-bond donors (Lipinski definition) is 1. The highest BCUT2D eigenvalue weighted by molar-refractivity contribution is 7.08. The first-order valence-corrected chi connectivity index (χ1v) is 8.93. The molecule has 2 heterocycles. The van der Waals surface area contributed by atoms with Gasteiger partial charge in [-0.05, 0) is 43.2 Å². The standard InChI is InChI=1S/C18H20N4O2S/c1-22(2)11-13-4-3-5-15(10-13)19-16(23)6-7-17-20-18(21-24-17)14-8-9-25-12-14/h3-5,8-10,12H,6-7,11H2,1-2H3,(H,19,23). The molecule has 0 spiro atoms. The predicted octanol–water partition coefficient (Wildman–Crippen LogP) is 3.43. The van der Waals surface area contributed by atoms with Crippen molar-refractivity contribution in [3.63, 3.8) is 0 Å². The number of benzene rings is 1. The summed E-state index contributed by atoms with van der Waals surface area (Å²) < 4.78 is 5.21. The molecule has 0 radical (unpaired) electrons. The third-order valence-corrected chi connectivity index (χ3v) is 4.21. The van der Waals surface area contributed by atoms with Gasteiger partial charge in [0.25, 0.3) is 0 Å². The van der Waals surface area contributed by atoms with Crippen LogP contribution in [0.2, 0.25) is 0 Å². The van der Waals surface area contributed by atoms with Crippen LogP contribution in [0, 0.1) is 0 Å². The zero-order valence-electron chi connectivity index (χ0n) is 14.2. The number of amides is 1. The van der Waals surface area contributed by atoms with Crippen LogP contribution in [0.3, 0.4) is 0 Å². The molecule has 6 nitrogen and oxygen atoms in total. The fourth-order valence-electron chi connectivity index (χ4n) is 2.42. The first-order chi connectivity index (χ1) is 12.1. The number of aryl methyl sites for hydroxylation is 1. The number of aromatic nitrogens is 2. The number of carbonyl (C=O) groups excluding carboxylic acids is 1. The lowest BCUT2D eigenvalue weighted by Gasteiger charge is -2.11. The van der Waals surface area contributed by atoms with E-state index in [0.29, 0.717) is 24.6 Å². The first kappa shape index (κ1) is 17.3. The molecule has 0 unspecified atom stereocenters. The van der Waals surface area contributed by atoms with Gasteiger partial charge in [0.1, 0.15) is 0 Å². The SMILES string of the molecule is CN(C)Cc1cccc(NC(=O)CCc2nc(-c3ccsc3)no2)c1. The fraction of sp³-hybridized carbons (Fsp3) is 0.278. The summed E-state index contributed by atoms with van der Waals surface area (Å²) in [6, 6.07) is 9.80. The van der Waals surface area contributed by atoms with Crippen molar-refractivity contribution in [1.29, 1.82) is 0 Å². The largest absolute Gasteiger partial charge is 0.339 e. The molecule has 25 heavy (non-hydrogen) atoms. The third-order valence-electron chi connectivity index (χ3n) is 3.52. The molecule has 1 aromatic carbocycles. The molecule has 3 aromatic rings. The van der Waals surface area contributed by atoms with Gasteiger partial charge in [-0.15, -0.1) is 0 Å². The van der Waals surface area contributed by atoms with Crippen molar-refractivity contribution in [3.8, 4) is 11.4 Å². The third kappa shape index (κ3) is 4.98. The van der Waals surface area contributed by atoms with Crippen LogP contribution < -0.4 is 5.32 Å². The smallest absolute Gasteiger partial charge is 0.227 e. The van der Waals surface area contributed by atoms with Crippen LogP contribution >= 0.6 is 11.3 Å². The summed E-state index contributed by atoms with van der Waals surface area (Å²) in [6.45, 7) is 0.830. The molecule has 0 atom stereocenters. The lowest BCUT2D eigenvalue weighted by Crippen LogP contribution is -2.14. The molecule has 0 aliphatic rings. The molecule has 7 heteroatoms. The normalized spacial score (nSPS) is 11.0. The van der Waals surface area contributed by atoms with Gasteiger partial charge >= 0.3 is 0 Å². The van der Waals surface area contributed by atoms with E-state index in [2.05, 4.69) is 20.4 Å². The van der Waals surface area contributed by atoms with E-state index in [9.17, 15) is 4.79 Å². The molecular formula is C18H20N4O2S. The topological polar surface area (TPSA) is 71.3 Å². The van der Waals surface area contributed by atoms with Crippen LogP contribution in [0.1, 0.15) is 17.9 Å². The average molecular weight is 356 g/mol. The van der Waals surface area contributed by atoms with Crippen molar-refractivity contribution >= 4 is 22.9 Å². The van der Waals surface area contributed by atoms with Crippen molar-refractivity contribution in [1.82, 2.24) is 15.0 Å². The van der Waals surface area contributed by atoms with Crippen LogP contribution in [0.25, 0.3) is 11.4 Å². The maximum atomic E-state index is 12.1. The highest BCUT2D eigenvalue weighted by atomic mass is 32.1. The Bertz CT molecular complexity index is 827. The Morgan fingerprint density at radius 2 is 2.20 bits per heavy atom.